The van der Waals surface area contributed by atoms with Gasteiger partial charge in [-0.3, -0.25) is 8.99 Å². The molecule has 0 aliphatic carbocycles. The standard InChI is InChI=1S/C16H18ClN3O2S/c1-11(17)10-19-13(3)16(12(2)18-19)23(21,22)20-9-8-14-6-4-5-7-15(14)20/h4-7H,1,8-10H2,2-3H3. The number of hydrogen-bond acceptors (Lipinski definition) is 3. The van der Waals surface area contributed by atoms with Crippen molar-refractivity contribution >= 4 is 27.3 Å². The lowest BCUT2D eigenvalue weighted by atomic mass is 10.2. The second kappa shape index (κ2) is 5.69. The molecular weight excluding hydrogens is 334 g/mol. The Bertz CT molecular complexity index is 887. The monoisotopic (exact) mass is 351 g/mol. The fraction of sp³-hybridized carbons (Fsp3) is 0.312. The molecule has 2 aromatic rings. The van der Waals surface area contributed by atoms with Crippen molar-refractivity contribution in [3.63, 3.8) is 0 Å². The smallest absolute Gasteiger partial charge is 0.266 e. The molecule has 0 N–H and O–H groups in total. The van der Waals surface area contributed by atoms with Gasteiger partial charge in [0.15, 0.2) is 0 Å². The number of benzene rings is 1. The van der Waals surface area contributed by atoms with Gasteiger partial charge in [-0.15, -0.1) is 0 Å². The van der Waals surface area contributed by atoms with Crippen molar-refractivity contribution in [2.45, 2.75) is 31.7 Å². The molecule has 1 aliphatic rings. The summed E-state index contributed by atoms with van der Waals surface area (Å²) in [6.07, 6.45) is 0.722. The zero-order valence-corrected chi connectivity index (χ0v) is 14.7. The molecule has 0 radical (unpaired) electrons. The molecule has 0 saturated carbocycles. The maximum atomic E-state index is 13.2. The van der Waals surface area contributed by atoms with Gasteiger partial charge in [-0.05, 0) is 31.9 Å². The largest absolute Gasteiger partial charge is 0.268 e. The minimum Gasteiger partial charge on any atom is -0.266 e. The summed E-state index contributed by atoms with van der Waals surface area (Å²) >= 11 is 5.84. The summed E-state index contributed by atoms with van der Waals surface area (Å²) in [6, 6.07) is 7.59. The number of halogens is 1. The Morgan fingerprint density at radius 1 is 1.35 bits per heavy atom. The lowest BCUT2D eigenvalue weighted by molar-refractivity contribution is 0.590. The summed E-state index contributed by atoms with van der Waals surface area (Å²) in [7, 11) is -3.65. The van der Waals surface area contributed by atoms with E-state index in [0.29, 0.717) is 29.5 Å². The van der Waals surface area contributed by atoms with Gasteiger partial charge in [0, 0.05) is 11.6 Å². The van der Waals surface area contributed by atoms with Crippen LogP contribution in [-0.4, -0.2) is 24.7 Å². The molecule has 1 aromatic carbocycles. The van der Waals surface area contributed by atoms with E-state index in [-0.39, 0.29) is 4.90 Å². The van der Waals surface area contributed by atoms with Crippen LogP contribution in [0.15, 0.2) is 40.8 Å². The fourth-order valence-electron chi connectivity index (χ4n) is 3.04. The Morgan fingerprint density at radius 3 is 2.74 bits per heavy atom. The number of sulfonamides is 1. The Kier molecular flexibility index (Phi) is 3.98. The number of para-hydroxylation sites is 1. The summed E-state index contributed by atoms with van der Waals surface area (Å²) in [4.78, 5) is 0.257. The van der Waals surface area contributed by atoms with Gasteiger partial charge < -0.3 is 0 Å². The fourth-order valence-corrected chi connectivity index (χ4v) is 5.03. The van der Waals surface area contributed by atoms with Crippen LogP contribution in [0.3, 0.4) is 0 Å². The highest BCUT2D eigenvalue weighted by Crippen LogP contribution is 2.34. The van der Waals surface area contributed by atoms with E-state index in [2.05, 4.69) is 11.7 Å². The van der Waals surface area contributed by atoms with E-state index < -0.39 is 10.0 Å². The molecule has 0 atom stereocenters. The van der Waals surface area contributed by atoms with Crippen LogP contribution in [0.4, 0.5) is 5.69 Å². The molecule has 0 spiro atoms. The zero-order chi connectivity index (χ0) is 16.8. The Hall–Kier alpha value is -1.79. The molecule has 0 saturated heterocycles. The summed E-state index contributed by atoms with van der Waals surface area (Å²) in [5.41, 5.74) is 2.85. The van der Waals surface area contributed by atoms with E-state index in [1.165, 1.54) is 4.31 Å². The van der Waals surface area contributed by atoms with Crippen molar-refractivity contribution in [3.8, 4) is 0 Å². The summed E-state index contributed by atoms with van der Waals surface area (Å²) in [6.45, 7) is 7.84. The molecule has 3 rings (SSSR count). The minimum atomic E-state index is -3.65. The van der Waals surface area contributed by atoms with E-state index >= 15 is 0 Å². The first-order chi connectivity index (χ1) is 10.8. The van der Waals surface area contributed by atoms with Crippen LogP contribution in [0.2, 0.25) is 0 Å². The maximum absolute atomic E-state index is 13.2. The highest BCUT2D eigenvalue weighted by Gasteiger charge is 2.34. The topological polar surface area (TPSA) is 55.2 Å². The zero-order valence-electron chi connectivity index (χ0n) is 13.1. The van der Waals surface area contributed by atoms with E-state index in [1.807, 2.05) is 24.3 Å². The van der Waals surface area contributed by atoms with Gasteiger partial charge in [0.25, 0.3) is 10.0 Å². The lowest BCUT2D eigenvalue weighted by Gasteiger charge is -2.19. The van der Waals surface area contributed by atoms with Crippen LogP contribution in [-0.2, 0) is 23.0 Å². The first-order valence-electron chi connectivity index (χ1n) is 7.30. The summed E-state index contributed by atoms with van der Waals surface area (Å²) < 4.78 is 29.4. The van der Waals surface area contributed by atoms with Gasteiger partial charge in [0.2, 0.25) is 0 Å². The number of allylic oxidation sites excluding steroid dienone is 1. The molecule has 5 nitrogen and oxygen atoms in total. The number of aryl methyl sites for hydroxylation is 1. The van der Waals surface area contributed by atoms with E-state index in [9.17, 15) is 8.42 Å². The molecule has 0 unspecified atom stereocenters. The third kappa shape index (κ3) is 2.66. The van der Waals surface area contributed by atoms with Crippen molar-refractivity contribution < 1.29 is 8.42 Å². The number of rotatable bonds is 4. The molecule has 0 bridgehead atoms. The van der Waals surface area contributed by atoms with Crippen molar-refractivity contribution in [3.05, 3.63) is 52.8 Å². The Morgan fingerprint density at radius 2 is 2.04 bits per heavy atom. The molecule has 1 aliphatic heterocycles. The first kappa shape index (κ1) is 16.1. The number of aromatic nitrogens is 2. The van der Waals surface area contributed by atoms with E-state index in [4.69, 9.17) is 11.6 Å². The van der Waals surface area contributed by atoms with Gasteiger partial charge in [-0.25, -0.2) is 8.42 Å². The predicted octanol–water partition coefficient (Wildman–Crippen LogP) is 3.00. The van der Waals surface area contributed by atoms with Gasteiger partial charge in [0.1, 0.15) is 4.90 Å². The van der Waals surface area contributed by atoms with Crippen LogP contribution in [0.1, 0.15) is 17.0 Å². The second-order valence-electron chi connectivity index (χ2n) is 5.63. The van der Waals surface area contributed by atoms with Crippen LogP contribution in [0.25, 0.3) is 0 Å². The van der Waals surface area contributed by atoms with Crippen molar-refractivity contribution in [2.24, 2.45) is 0 Å². The normalized spacial score (nSPS) is 14.1. The number of nitrogens with zero attached hydrogens (tertiary/aromatic N) is 3. The third-order valence-corrected chi connectivity index (χ3v) is 6.21. The van der Waals surface area contributed by atoms with Crippen LogP contribution >= 0.6 is 11.6 Å². The second-order valence-corrected chi connectivity index (χ2v) is 7.96. The van der Waals surface area contributed by atoms with Gasteiger partial charge >= 0.3 is 0 Å². The van der Waals surface area contributed by atoms with Crippen LogP contribution in [0, 0.1) is 13.8 Å². The predicted molar refractivity (Wildman–Crippen MR) is 91.4 cm³/mol. The molecule has 0 amide bonds. The van der Waals surface area contributed by atoms with E-state index in [0.717, 1.165) is 17.7 Å². The Balaban J connectivity index is 2.08. The highest BCUT2D eigenvalue weighted by atomic mass is 35.5. The molecule has 122 valence electrons. The summed E-state index contributed by atoms with van der Waals surface area (Å²) in [5.74, 6) is 0. The maximum Gasteiger partial charge on any atom is 0.268 e. The lowest BCUT2D eigenvalue weighted by Crippen LogP contribution is -2.30. The Labute approximate surface area is 141 Å². The molecule has 7 heteroatoms. The van der Waals surface area contributed by atoms with Gasteiger partial charge in [-0.1, -0.05) is 36.4 Å². The average molecular weight is 352 g/mol. The SMILES string of the molecule is C=C(Cl)Cn1nc(C)c(S(=O)(=O)N2CCc3ccccc32)c1C. The number of anilines is 1. The quantitative estimate of drug-likeness (QED) is 0.850. The van der Waals surface area contributed by atoms with Gasteiger partial charge in [0.05, 0.1) is 23.6 Å². The van der Waals surface area contributed by atoms with Crippen molar-refractivity contribution in [1.82, 2.24) is 9.78 Å². The van der Waals surface area contributed by atoms with Crippen molar-refractivity contribution in [1.29, 1.82) is 0 Å². The van der Waals surface area contributed by atoms with Gasteiger partial charge in [-0.2, -0.15) is 5.10 Å². The molecule has 2 heterocycles. The average Bonchev–Trinajstić information content (AvgIpc) is 3.01. The van der Waals surface area contributed by atoms with Crippen LogP contribution < -0.4 is 4.31 Å². The molecule has 0 fully saturated rings. The third-order valence-electron chi connectivity index (χ3n) is 4.03. The minimum absolute atomic E-state index is 0.257. The summed E-state index contributed by atoms with van der Waals surface area (Å²) in [5, 5.41) is 4.72. The van der Waals surface area contributed by atoms with Crippen molar-refractivity contribution in [2.75, 3.05) is 10.8 Å². The molecular formula is C16H18ClN3O2S. The molecule has 1 aromatic heterocycles. The number of fused-ring (bicyclic) bond motifs is 1. The van der Waals surface area contributed by atoms with E-state index in [1.54, 1.807) is 18.5 Å². The first-order valence-corrected chi connectivity index (χ1v) is 9.12. The van der Waals surface area contributed by atoms with Crippen LogP contribution in [0.5, 0.6) is 0 Å². The number of hydrogen-bond donors (Lipinski definition) is 0. The molecule has 23 heavy (non-hydrogen) atoms. The highest BCUT2D eigenvalue weighted by molar-refractivity contribution is 7.93.